The summed E-state index contributed by atoms with van der Waals surface area (Å²) in [5.74, 6) is 0. The van der Waals surface area contributed by atoms with Gasteiger partial charge in [0, 0.05) is 18.9 Å². The fourth-order valence-electron chi connectivity index (χ4n) is 2.19. The Balaban J connectivity index is 2.12. The molecule has 0 saturated carbocycles. The van der Waals surface area contributed by atoms with Crippen molar-refractivity contribution in [1.82, 2.24) is 9.88 Å². The summed E-state index contributed by atoms with van der Waals surface area (Å²) in [6, 6.07) is 0. The average Bonchev–Trinajstić information content (AvgIpc) is 2.35. The van der Waals surface area contributed by atoms with Crippen LogP contribution in [-0.2, 0) is 24.3 Å². The molecule has 5 nitrogen and oxygen atoms in total. The zero-order valence-electron chi connectivity index (χ0n) is 11.6. The van der Waals surface area contributed by atoms with Crippen molar-refractivity contribution < 1.29 is 14.6 Å². The fourth-order valence-corrected chi connectivity index (χ4v) is 2.19. The van der Waals surface area contributed by atoms with Gasteiger partial charge < -0.3 is 14.7 Å². The van der Waals surface area contributed by atoms with Crippen molar-refractivity contribution in [2.24, 2.45) is 0 Å². The van der Waals surface area contributed by atoms with Crippen LogP contribution in [0.5, 0.6) is 0 Å². The summed E-state index contributed by atoms with van der Waals surface area (Å²) in [6.45, 7) is 6.66. The molecule has 0 radical (unpaired) electrons. The summed E-state index contributed by atoms with van der Waals surface area (Å²) in [5, 5.41) is 9.28. The van der Waals surface area contributed by atoms with Crippen molar-refractivity contribution in [3.63, 3.8) is 0 Å². The number of fused-ring (bicyclic) bond motifs is 1. The van der Waals surface area contributed by atoms with E-state index in [1.54, 1.807) is 17.3 Å². The molecule has 0 saturated heterocycles. The standard InChI is InChI=1S/C14H20N2O3/c1-14(2,3)19-13(18)16-5-4-12-10(8-16)6-15-7-11(12)9-17/h6-7,17H,4-5,8-9H2,1-3H3. The molecule has 104 valence electrons. The van der Waals surface area contributed by atoms with E-state index in [4.69, 9.17) is 4.74 Å². The molecule has 1 amide bonds. The lowest BCUT2D eigenvalue weighted by Gasteiger charge is -2.31. The maximum absolute atomic E-state index is 12.0. The molecule has 2 heterocycles. The second-order valence-electron chi connectivity index (χ2n) is 5.75. The van der Waals surface area contributed by atoms with Gasteiger partial charge in [-0.25, -0.2) is 4.79 Å². The van der Waals surface area contributed by atoms with Crippen LogP contribution in [-0.4, -0.2) is 33.2 Å². The quantitative estimate of drug-likeness (QED) is 0.841. The molecule has 1 N–H and O–H groups in total. The predicted octanol–water partition coefficient (Wildman–Crippen LogP) is 1.87. The van der Waals surface area contributed by atoms with Gasteiger partial charge in [0.1, 0.15) is 5.60 Å². The molecule has 2 rings (SSSR count). The Morgan fingerprint density at radius 1 is 1.47 bits per heavy atom. The Morgan fingerprint density at radius 2 is 2.21 bits per heavy atom. The number of nitrogens with zero attached hydrogens (tertiary/aromatic N) is 2. The lowest BCUT2D eigenvalue weighted by Crippen LogP contribution is -2.40. The molecule has 0 bridgehead atoms. The minimum atomic E-state index is -0.484. The van der Waals surface area contributed by atoms with Crippen LogP contribution in [0.4, 0.5) is 4.79 Å². The van der Waals surface area contributed by atoms with Crippen molar-refractivity contribution in [1.29, 1.82) is 0 Å². The van der Waals surface area contributed by atoms with Gasteiger partial charge in [-0.3, -0.25) is 4.98 Å². The maximum atomic E-state index is 12.0. The number of hydrogen-bond acceptors (Lipinski definition) is 4. The Kier molecular flexibility index (Phi) is 3.75. The van der Waals surface area contributed by atoms with Crippen LogP contribution in [0.25, 0.3) is 0 Å². The van der Waals surface area contributed by atoms with Crippen LogP contribution in [0, 0.1) is 0 Å². The highest BCUT2D eigenvalue weighted by Gasteiger charge is 2.26. The monoisotopic (exact) mass is 264 g/mol. The molecule has 0 atom stereocenters. The Labute approximate surface area is 113 Å². The molecule has 0 fully saturated rings. The largest absolute Gasteiger partial charge is 0.444 e. The van der Waals surface area contributed by atoms with Gasteiger partial charge in [0.25, 0.3) is 0 Å². The zero-order chi connectivity index (χ0) is 14.0. The van der Waals surface area contributed by atoms with E-state index in [-0.39, 0.29) is 12.7 Å². The van der Waals surface area contributed by atoms with E-state index >= 15 is 0 Å². The first-order valence-electron chi connectivity index (χ1n) is 6.44. The predicted molar refractivity (Wildman–Crippen MR) is 70.5 cm³/mol. The SMILES string of the molecule is CC(C)(C)OC(=O)N1CCc2c(CO)cncc2C1. The number of aromatic nitrogens is 1. The van der Waals surface area contributed by atoms with Gasteiger partial charge in [-0.15, -0.1) is 0 Å². The normalized spacial score (nSPS) is 15.1. The summed E-state index contributed by atoms with van der Waals surface area (Å²) in [4.78, 5) is 17.8. The zero-order valence-corrected chi connectivity index (χ0v) is 11.6. The number of hydrogen-bond donors (Lipinski definition) is 1. The molecule has 5 heteroatoms. The van der Waals surface area contributed by atoms with Gasteiger partial charge in [0.2, 0.25) is 0 Å². The topological polar surface area (TPSA) is 62.7 Å². The molecule has 0 unspecified atom stereocenters. The summed E-state index contributed by atoms with van der Waals surface area (Å²) in [7, 11) is 0. The summed E-state index contributed by atoms with van der Waals surface area (Å²) < 4.78 is 5.37. The minimum absolute atomic E-state index is 0.0113. The average molecular weight is 264 g/mol. The van der Waals surface area contributed by atoms with Crippen molar-refractivity contribution in [3.8, 4) is 0 Å². The van der Waals surface area contributed by atoms with Gasteiger partial charge in [-0.2, -0.15) is 0 Å². The van der Waals surface area contributed by atoms with Gasteiger partial charge in [-0.1, -0.05) is 0 Å². The van der Waals surface area contributed by atoms with Crippen molar-refractivity contribution in [2.75, 3.05) is 6.54 Å². The molecule has 1 aromatic heterocycles. The van der Waals surface area contributed by atoms with Gasteiger partial charge in [0.15, 0.2) is 0 Å². The molecule has 1 aliphatic rings. The number of aliphatic hydroxyl groups is 1. The minimum Gasteiger partial charge on any atom is -0.444 e. The summed E-state index contributed by atoms with van der Waals surface area (Å²) in [5.41, 5.74) is 2.46. The van der Waals surface area contributed by atoms with Crippen LogP contribution >= 0.6 is 0 Å². The molecule has 0 spiro atoms. The van der Waals surface area contributed by atoms with Crippen molar-refractivity contribution >= 4 is 6.09 Å². The molecule has 19 heavy (non-hydrogen) atoms. The highest BCUT2D eigenvalue weighted by atomic mass is 16.6. The van der Waals surface area contributed by atoms with Gasteiger partial charge in [-0.05, 0) is 43.9 Å². The highest BCUT2D eigenvalue weighted by Crippen LogP contribution is 2.23. The first-order chi connectivity index (χ1) is 8.90. The smallest absolute Gasteiger partial charge is 0.410 e. The van der Waals surface area contributed by atoms with E-state index in [9.17, 15) is 9.90 Å². The maximum Gasteiger partial charge on any atom is 0.410 e. The number of aliphatic hydroxyl groups excluding tert-OH is 1. The van der Waals surface area contributed by atoms with E-state index in [0.717, 1.165) is 23.1 Å². The number of amides is 1. The Bertz CT molecular complexity index is 480. The number of pyridine rings is 1. The lowest BCUT2D eigenvalue weighted by atomic mass is 9.98. The van der Waals surface area contributed by atoms with Crippen LogP contribution in [0.3, 0.4) is 0 Å². The van der Waals surface area contributed by atoms with Gasteiger partial charge >= 0.3 is 6.09 Å². The molecule has 0 aliphatic carbocycles. The Morgan fingerprint density at radius 3 is 2.84 bits per heavy atom. The van der Waals surface area contributed by atoms with E-state index in [1.807, 2.05) is 20.8 Å². The van der Waals surface area contributed by atoms with Gasteiger partial charge in [0.05, 0.1) is 13.2 Å². The van der Waals surface area contributed by atoms with Crippen molar-refractivity contribution in [2.45, 2.75) is 45.9 Å². The second-order valence-corrected chi connectivity index (χ2v) is 5.75. The van der Waals surface area contributed by atoms with Crippen molar-refractivity contribution in [3.05, 3.63) is 29.1 Å². The Hall–Kier alpha value is -1.62. The second kappa shape index (κ2) is 5.17. The third-order valence-corrected chi connectivity index (χ3v) is 3.05. The van der Waals surface area contributed by atoms with E-state index < -0.39 is 5.60 Å². The molecule has 0 aromatic carbocycles. The third kappa shape index (κ3) is 3.23. The molecule has 1 aliphatic heterocycles. The van der Waals surface area contributed by atoms with E-state index in [0.29, 0.717) is 13.1 Å². The number of ether oxygens (including phenoxy) is 1. The lowest BCUT2D eigenvalue weighted by molar-refractivity contribution is 0.0223. The van der Waals surface area contributed by atoms with Crippen LogP contribution < -0.4 is 0 Å². The van der Waals surface area contributed by atoms with E-state index in [1.165, 1.54) is 0 Å². The summed E-state index contributed by atoms with van der Waals surface area (Å²) >= 11 is 0. The molecular weight excluding hydrogens is 244 g/mol. The van der Waals surface area contributed by atoms with E-state index in [2.05, 4.69) is 4.98 Å². The van der Waals surface area contributed by atoms with Crippen LogP contribution in [0.2, 0.25) is 0 Å². The number of carbonyl (C=O) groups excluding carboxylic acids is 1. The van der Waals surface area contributed by atoms with Crippen LogP contribution in [0.1, 0.15) is 37.5 Å². The number of carbonyl (C=O) groups is 1. The first-order valence-corrected chi connectivity index (χ1v) is 6.44. The van der Waals surface area contributed by atoms with Crippen LogP contribution in [0.15, 0.2) is 12.4 Å². The molecular formula is C14H20N2O3. The third-order valence-electron chi connectivity index (χ3n) is 3.05. The fraction of sp³-hybridized carbons (Fsp3) is 0.571. The highest BCUT2D eigenvalue weighted by molar-refractivity contribution is 5.68. The molecule has 1 aromatic rings. The first kappa shape index (κ1) is 13.8. The number of rotatable bonds is 1. The summed E-state index contributed by atoms with van der Waals surface area (Å²) in [6.07, 6.45) is 3.87.